The lowest BCUT2D eigenvalue weighted by molar-refractivity contribution is 0.272. The van der Waals surface area contributed by atoms with Crippen molar-refractivity contribution in [1.82, 2.24) is 5.32 Å². The second kappa shape index (κ2) is 7.34. The van der Waals surface area contributed by atoms with Gasteiger partial charge in [-0.15, -0.1) is 0 Å². The third-order valence-corrected chi connectivity index (χ3v) is 3.68. The molecule has 3 nitrogen and oxygen atoms in total. The number of benzene rings is 2. The molecule has 112 valence electrons. The van der Waals surface area contributed by atoms with Crippen LogP contribution in [0.5, 0.6) is 11.5 Å². The highest BCUT2D eigenvalue weighted by Gasteiger charge is 2.13. The van der Waals surface area contributed by atoms with Gasteiger partial charge in [0.1, 0.15) is 18.1 Å². The quantitative estimate of drug-likeness (QED) is 0.875. The Bertz CT molecular complexity index is 584. The van der Waals surface area contributed by atoms with Crippen LogP contribution in [0.4, 0.5) is 0 Å². The summed E-state index contributed by atoms with van der Waals surface area (Å²) in [5.41, 5.74) is 2.38. The molecule has 1 N–H and O–H groups in total. The van der Waals surface area contributed by atoms with Crippen LogP contribution in [0, 0.1) is 6.92 Å². The number of nitrogens with one attached hydrogen (secondary N) is 1. The fraction of sp³-hybridized carbons (Fsp3) is 0.294. The summed E-state index contributed by atoms with van der Waals surface area (Å²) in [7, 11) is 3.60. The molecule has 0 aromatic heterocycles. The van der Waals surface area contributed by atoms with Crippen LogP contribution < -0.4 is 14.8 Å². The zero-order chi connectivity index (χ0) is 15.2. The van der Waals surface area contributed by atoms with E-state index in [-0.39, 0.29) is 6.04 Å². The number of rotatable bonds is 6. The normalized spacial score (nSPS) is 12.0. The fourth-order valence-corrected chi connectivity index (χ4v) is 2.33. The summed E-state index contributed by atoms with van der Waals surface area (Å²) >= 11 is 5.87. The van der Waals surface area contributed by atoms with Gasteiger partial charge in [0, 0.05) is 5.02 Å². The van der Waals surface area contributed by atoms with Crippen LogP contribution in [0.25, 0.3) is 0 Å². The summed E-state index contributed by atoms with van der Waals surface area (Å²) in [5.74, 6) is 1.68. The third kappa shape index (κ3) is 4.13. The first kappa shape index (κ1) is 15.7. The minimum Gasteiger partial charge on any atom is -0.497 e. The van der Waals surface area contributed by atoms with Crippen molar-refractivity contribution < 1.29 is 9.47 Å². The van der Waals surface area contributed by atoms with Gasteiger partial charge in [-0.3, -0.25) is 0 Å². The first-order valence-corrected chi connectivity index (χ1v) is 7.22. The van der Waals surface area contributed by atoms with Gasteiger partial charge >= 0.3 is 0 Å². The van der Waals surface area contributed by atoms with Gasteiger partial charge in [0.25, 0.3) is 0 Å². The number of methoxy groups -OCH3 is 1. The number of ether oxygens (including phenoxy) is 2. The molecule has 2 aromatic rings. The van der Waals surface area contributed by atoms with E-state index in [0.717, 1.165) is 11.5 Å². The summed E-state index contributed by atoms with van der Waals surface area (Å²) < 4.78 is 11.1. The second-order valence-corrected chi connectivity index (χ2v) is 5.27. The fourth-order valence-electron chi connectivity index (χ4n) is 2.21. The maximum atomic E-state index is 5.87. The number of likely N-dealkylation sites (N-methyl/N-ethyl adjacent to an activating group) is 1. The van der Waals surface area contributed by atoms with E-state index in [1.54, 1.807) is 7.11 Å². The van der Waals surface area contributed by atoms with Crippen molar-refractivity contribution in [2.45, 2.75) is 13.0 Å². The molecular formula is C17H20ClNO2. The van der Waals surface area contributed by atoms with E-state index in [9.17, 15) is 0 Å². The first-order valence-electron chi connectivity index (χ1n) is 6.84. The Morgan fingerprint density at radius 1 is 1.10 bits per heavy atom. The number of hydrogen-bond donors (Lipinski definition) is 1. The summed E-state index contributed by atoms with van der Waals surface area (Å²) in [6.45, 7) is 2.62. The monoisotopic (exact) mass is 305 g/mol. The number of hydrogen-bond acceptors (Lipinski definition) is 3. The van der Waals surface area contributed by atoms with Gasteiger partial charge in [0.15, 0.2) is 0 Å². The highest BCUT2D eigenvalue weighted by atomic mass is 35.5. The predicted octanol–water partition coefficient (Wildman–Crippen LogP) is 4.00. The van der Waals surface area contributed by atoms with Gasteiger partial charge < -0.3 is 14.8 Å². The molecule has 0 aliphatic carbocycles. The Morgan fingerprint density at radius 3 is 2.33 bits per heavy atom. The Balaban J connectivity index is 2.07. The van der Waals surface area contributed by atoms with Gasteiger partial charge in [-0.25, -0.2) is 0 Å². The van der Waals surface area contributed by atoms with Crippen molar-refractivity contribution in [3.63, 3.8) is 0 Å². The third-order valence-electron chi connectivity index (χ3n) is 3.43. The van der Waals surface area contributed by atoms with Crippen molar-refractivity contribution in [2.24, 2.45) is 0 Å². The molecule has 0 fully saturated rings. The lowest BCUT2D eigenvalue weighted by Gasteiger charge is -2.20. The lowest BCUT2D eigenvalue weighted by Crippen LogP contribution is -2.24. The number of halogens is 1. The predicted molar refractivity (Wildman–Crippen MR) is 86.5 cm³/mol. The summed E-state index contributed by atoms with van der Waals surface area (Å²) in [5, 5.41) is 3.99. The van der Waals surface area contributed by atoms with E-state index in [0.29, 0.717) is 11.6 Å². The van der Waals surface area contributed by atoms with Crippen LogP contribution in [-0.2, 0) is 0 Å². The molecule has 0 aliphatic rings. The highest BCUT2D eigenvalue weighted by Crippen LogP contribution is 2.24. The Kier molecular flexibility index (Phi) is 5.48. The minimum atomic E-state index is 0.117. The van der Waals surface area contributed by atoms with E-state index < -0.39 is 0 Å². The molecule has 2 rings (SSSR count). The standard InChI is InChI=1S/C17H20ClNO2/c1-12-10-15(20-3)8-9-16(12)17(19-2)11-21-14-6-4-13(18)5-7-14/h4-10,17,19H,11H2,1-3H3. The average Bonchev–Trinajstić information content (AvgIpc) is 2.50. The Morgan fingerprint density at radius 2 is 1.76 bits per heavy atom. The largest absolute Gasteiger partial charge is 0.497 e. The van der Waals surface area contributed by atoms with Gasteiger partial charge in [0.2, 0.25) is 0 Å². The van der Waals surface area contributed by atoms with Gasteiger partial charge in [-0.05, 0) is 61.5 Å². The van der Waals surface area contributed by atoms with E-state index >= 15 is 0 Å². The summed E-state index contributed by atoms with van der Waals surface area (Å²) in [4.78, 5) is 0. The molecule has 1 unspecified atom stereocenters. The van der Waals surface area contributed by atoms with Crippen LogP contribution >= 0.6 is 11.6 Å². The minimum absolute atomic E-state index is 0.117. The summed E-state index contributed by atoms with van der Waals surface area (Å²) in [6, 6.07) is 13.6. The van der Waals surface area contributed by atoms with E-state index in [1.807, 2.05) is 43.4 Å². The van der Waals surface area contributed by atoms with Crippen molar-refractivity contribution >= 4 is 11.6 Å². The second-order valence-electron chi connectivity index (χ2n) is 4.83. The van der Waals surface area contributed by atoms with Gasteiger partial charge in [-0.1, -0.05) is 17.7 Å². The topological polar surface area (TPSA) is 30.5 Å². The maximum absolute atomic E-state index is 5.87. The molecule has 1 atom stereocenters. The molecule has 0 aliphatic heterocycles. The summed E-state index contributed by atoms with van der Waals surface area (Å²) in [6.07, 6.45) is 0. The van der Waals surface area contributed by atoms with Crippen LogP contribution in [0.1, 0.15) is 17.2 Å². The molecule has 21 heavy (non-hydrogen) atoms. The van der Waals surface area contributed by atoms with Crippen LogP contribution in [-0.4, -0.2) is 20.8 Å². The molecule has 0 saturated heterocycles. The maximum Gasteiger partial charge on any atom is 0.119 e. The Labute approximate surface area is 130 Å². The lowest BCUT2D eigenvalue weighted by atomic mass is 10.0. The SMILES string of the molecule is CNC(COc1ccc(Cl)cc1)c1ccc(OC)cc1C. The van der Waals surface area contributed by atoms with Crippen LogP contribution in [0.15, 0.2) is 42.5 Å². The molecule has 0 amide bonds. The van der Waals surface area contributed by atoms with Crippen LogP contribution in [0.3, 0.4) is 0 Å². The molecule has 0 heterocycles. The molecule has 0 bridgehead atoms. The molecule has 2 aromatic carbocycles. The highest BCUT2D eigenvalue weighted by molar-refractivity contribution is 6.30. The van der Waals surface area contributed by atoms with Gasteiger partial charge in [0.05, 0.1) is 13.2 Å². The van der Waals surface area contributed by atoms with E-state index in [2.05, 4.69) is 18.3 Å². The molecular weight excluding hydrogens is 286 g/mol. The molecule has 0 saturated carbocycles. The van der Waals surface area contributed by atoms with E-state index in [1.165, 1.54) is 11.1 Å². The molecule has 4 heteroatoms. The van der Waals surface area contributed by atoms with Crippen molar-refractivity contribution in [2.75, 3.05) is 20.8 Å². The smallest absolute Gasteiger partial charge is 0.119 e. The molecule has 0 radical (unpaired) electrons. The zero-order valence-electron chi connectivity index (χ0n) is 12.5. The van der Waals surface area contributed by atoms with Crippen molar-refractivity contribution in [1.29, 1.82) is 0 Å². The zero-order valence-corrected chi connectivity index (χ0v) is 13.3. The van der Waals surface area contributed by atoms with E-state index in [4.69, 9.17) is 21.1 Å². The van der Waals surface area contributed by atoms with Crippen molar-refractivity contribution in [3.05, 3.63) is 58.6 Å². The van der Waals surface area contributed by atoms with Crippen LogP contribution in [0.2, 0.25) is 5.02 Å². The first-order chi connectivity index (χ1) is 10.1. The van der Waals surface area contributed by atoms with Gasteiger partial charge in [-0.2, -0.15) is 0 Å². The average molecular weight is 306 g/mol. The Hall–Kier alpha value is -1.71. The molecule has 0 spiro atoms. The number of aryl methyl sites for hydroxylation is 1. The van der Waals surface area contributed by atoms with Crippen molar-refractivity contribution in [3.8, 4) is 11.5 Å².